The fraction of sp³-hybridized carbons (Fsp3) is 0.309. The summed E-state index contributed by atoms with van der Waals surface area (Å²) in [7, 11) is 4.52. The highest BCUT2D eigenvalue weighted by atomic mass is 16.5. The highest BCUT2D eigenvalue weighted by Crippen LogP contribution is 2.43. The van der Waals surface area contributed by atoms with Crippen molar-refractivity contribution in [3.8, 4) is 23.0 Å². The Hall–Kier alpha value is -8.94. The third kappa shape index (κ3) is 11.3. The van der Waals surface area contributed by atoms with Crippen molar-refractivity contribution in [2.75, 3.05) is 67.5 Å². The summed E-state index contributed by atoms with van der Waals surface area (Å²) >= 11 is 0. The molecule has 5 aromatic rings. The largest absolute Gasteiger partial charge is 0.493 e. The van der Waals surface area contributed by atoms with Crippen molar-refractivity contribution in [2.45, 2.75) is 63.8 Å². The summed E-state index contributed by atoms with van der Waals surface area (Å²) < 4.78 is 24.4. The number of hydrogen-bond donors (Lipinski definition) is 5. The molecule has 0 aliphatic carbocycles. The first-order valence-corrected chi connectivity index (χ1v) is 24.5. The Bertz CT molecular complexity index is 3120. The number of rotatable bonds is 20. The molecule has 0 saturated heterocycles. The number of carbonyl (C=O) groups is 7. The van der Waals surface area contributed by atoms with Crippen LogP contribution >= 0.6 is 0 Å². The van der Waals surface area contributed by atoms with Gasteiger partial charge in [0.15, 0.2) is 23.0 Å². The number of carboxylic acid groups (broad SMARTS) is 1. The molecule has 0 bridgehead atoms. The second-order valence-electron chi connectivity index (χ2n) is 18.4. The van der Waals surface area contributed by atoms with E-state index in [1.165, 1.54) is 19.1 Å². The van der Waals surface area contributed by atoms with Crippen molar-refractivity contribution < 1.29 is 57.6 Å². The number of anilines is 4. The number of carboxylic acids is 1. The zero-order valence-electron chi connectivity index (χ0n) is 41.6. The van der Waals surface area contributed by atoms with Gasteiger partial charge in [-0.3, -0.25) is 43.5 Å². The average Bonchev–Trinajstić information content (AvgIpc) is 3.91. The molecule has 6 amide bonds. The number of benzene rings is 5. The second kappa shape index (κ2) is 22.4. The zero-order chi connectivity index (χ0) is 52.8. The van der Waals surface area contributed by atoms with E-state index >= 15 is 0 Å². The van der Waals surface area contributed by atoms with Gasteiger partial charge < -0.3 is 55.1 Å². The van der Waals surface area contributed by atoms with Crippen LogP contribution in [-0.2, 0) is 50.0 Å². The number of ether oxygens (including phenoxy) is 4. The zero-order valence-corrected chi connectivity index (χ0v) is 41.6. The first-order chi connectivity index (χ1) is 36.3. The van der Waals surface area contributed by atoms with Crippen LogP contribution in [0.25, 0.3) is 0 Å². The van der Waals surface area contributed by atoms with Gasteiger partial charge in [-0.25, -0.2) is 0 Å². The van der Waals surface area contributed by atoms with E-state index in [4.69, 9.17) is 29.0 Å². The minimum Gasteiger partial charge on any atom is -0.493 e. The van der Waals surface area contributed by atoms with E-state index in [9.17, 15) is 33.6 Å². The lowest BCUT2D eigenvalue weighted by molar-refractivity contribution is -0.137. The molecule has 4 heterocycles. The normalized spacial score (nSPS) is 15.6. The number of carbonyl (C=O) groups excluding carboxylic acids is 6. The van der Waals surface area contributed by atoms with Gasteiger partial charge in [-0.15, -0.1) is 0 Å². The number of amides is 6. The van der Waals surface area contributed by atoms with Crippen molar-refractivity contribution in [1.82, 2.24) is 16.0 Å². The van der Waals surface area contributed by atoms with Crippen molar-refractivity contribution in [3.05, 3.63) is 124 Å². The standard InChI is InChI=1S/C55H56N8O12/c1-61(52(67)29-60-51(66)28-59-50(65)27-58-49(64)14-8-9-15-53(68)69)36-17-32(30-74-47-23-41-39(21-45(47)72-2)54(70)62-37(25-56-41)19-34-10-4-6-12-43(34)62)16-33(18-36)31-75-48-24-42-40(22-46(48)73-3)55(71)63-38(26-57-42)20-35-11-5-7-13-44(35)63/h4-7,10-13,16-18,21-25,37-38,57H,8-9,14-15,19-20,26-31H2,1-3H3,(H,58,64)(H,59,65)(H,60,66)(H,68,69)/t37-,38-/m0/s1. The molecule has 0 fully saturated rings. The molecule has 5 aromatic carbocycles. The number of fused-ring (bicyclic) bond motifs is 8. The van der Waals surface area contributed by atoms with E-state index in [0.717, 1.165) is 28.9 Å². The molecule has 388 valence electrons. The van der Waals surface area contributed by atoms with Gasteiger partial charge in [-0.05, 0) is 84.0 Å². The van der Waals surface area contributed by atoms with E-state index < -0.39 is 42.7 Å². The first-order valence-electron chi connectivity index (χ1n) is 24.5. The minimum absolute atomic E-state index is 0.0184. The number of likely N-dealkylation sites (N-methyl/N-ethyl adjacent to an activating group) is 1. The quantitative estimate of drug-likeness (QED) is 0.0638. The van der Waals surface area contributed by atoms with E-state index in [0.29, 0.717) is 88.1 Å². The molecular weight excluding hydrogens is 965 g/mol. The van der Waals surface area contributed by atoms with Gasteiger partial charge in [0, 0.05) is 68.3 Å². The van der Waals surface area contributed by atoms with Crippen molar-refractivity contribution in [1.29, 1.82) is 0 Å². The van der Waals surface area contributed by atoms with Crippen LogP contribution in [0.2, 0.25) is 0 Å². The van der Waals surface area contributed by atoms with Crippen LogP contribution in [0.5, 0.6) is 23.0 Å². The van der Waals surface area contributed by atoms with E-state index in [2.05, 4.69) is 21.3 Å². The summed E-state index contributed by atoms with van der Waals surface area (Å²) in [5.41, 5.74) is 7.36. The Morgan fingerprint density at radius 1 is 0.680 bits per heavy atom. The Labute approximate surface area is 432 Å². The maximum atomic E-state index is 14.1. The maximum absolute atomic E-state index is 14.1. The van der Waals surface area contributed by atoms with Gasteiger partial charge in [-0.2, -0.15) is 0 Å². The molecule has 0 unspecified atom stereocenters. The summed E-state index contributed by atoms with van der Waals surface area (Å²) in [4.78, 5) is 99.3. The minimum atomic E-state index is -0.956. The fourth-order valence-corrected chi connectivity index (χ4v) is 9.60. The molecule has 0 saturated carbocycles. The van der Waals surface area contributed by atoms with Gasteiger partial charge in [0.2, 0.25) is 23.6 Å². The predicted octanol–water partition coefficient (Wildman–Crippen LogP) is 5.10. The van der Waals surface area contributed by atoms with E-state index in [-0.39, 0.29) is 56.5 Å². The third-order valence-electron chi connectivity index (χ3n) is 13.4. The number of aliphatic carboxylic acids is 1. The molecule has 75 heavy (non-hydrogen) atoms. The van der Waals surface area contributed by atoms with Crippen LogP contribution in [0.1, 0.15) is 68.7 Å². The van der Waals surface area contributed by atoms with Crippen molar-refractivity contribution in [2.24, 2.45) is 4.99 Å². The van der Waals surface area contributed by atoms with Gasteiger partial charge in [0.1, 0.15) is 13.2 Å². The SMILES string of the molecule is COc1cc2c(cc1OCc1cc(COc3cc4c(cc3OC)C(=O)N3c5ccccc5C[C@H]3CN4)cc(N(C)C(=O)CNC(=O)CNC(=O)CNC(=O)CCCCC(=O)O)c1)N=C[C@@H]1Cc3ccccc3N1C2=O. The van der Waals surface area contributed by atoms with Crippen molar-refractivity contribution >= 4 is 76.1 Å². The Morgan fingerprint density at radius 3 is 1.92 bits per heavy atom. The fourth-order valence-electron chi connectivity index (χ4n) is 9.60. The molecule has 2 atom stereocenters. The molecule has 5 N–H and O–H groups in total. The number of para-hydroxylation sites is 2. The van der Waals surface area contributed by atoms with Gasteiger partial charge in [0.25, 0.3) is 11.8 Å². The summed E-state index contributed by atoms with van der Waals surface area (Å²) in [5.74, 6) is -2.19. The van der Waals surface area contributed by atoms with Gasteiger partial charge in [0.05, 0.1) is 68.4 Å². The smallest absolute Gasteiger partial charge is 0.303 e. The van der Waals surface area contributed by atoms with Crippen molar-refractivity contribution in [3.63, 3.8) is 0 Å². The number of unbranched alkanes of at least 4 members (excludes halogenated alkanes) is 1. The van der Waals surface area contributed by atoms with E-state index in [1.807, 2.05) is 59.5 Å². The van der Waals surface area contributed by atoms with Crippen LogP contribution in [0.3, 0.4) is 0 Å². The molecule has 0 radical (unpaired) electrons. The molecular formula is C55H56N8O12. The average molecular weight is 1020 g/mol. The lowest BCUT2D eigenvalue weighted by Gasteiger charge is -2.23. The third-order valence-corrected chi connectivity index (χ3v) is 13.4. The summed E-state index contributed by atoms with van der Waals surface area (Å²) in [5, 5.41) is 19.5. The Morgan fingerprint density at radius 2 is 1.25 bits per heavy atom. The van der Waals surface area contributed by atoms with Crippen LogP contribution in [0.4, 0.5) is 28.4 Å². The monoisotopic (exact) mass is 1020 g/mol. The summed E-state index contributed by atoms with van der Waals surface area (Å²) in [6.45, 7) is -0.804. The first kappa shape index (κ1) is 51.0. The summed E-state index contributed by atoms with van der Waals surface area (Å²) in [6, 6.07) is 27.4. The number of nitrogens with zero attached hydrogens (tertiary/aromatic N) is 4. The van der Waals surface area contributed by atoms with Gasteiger partial charge >= 0.3 is 5.97 Å². The molecule has 0 spiro atoms. The number of hydrogen-bond acceptors (Lipinski definition) is 13. The van der Waals surface area contributed by atoms with E-state index in [1.54, 1.807) is 54.6 Å². The lowest BCUT2D eigenvalue weighted by atomic mass is 10.1. The second-order valence-corrected chi connectivity index (χ2v) is 18.4. The highest BCUT2D eigenvalue weighted by molar-refractivity contribution is 6.15. The van der Waals surface area contributed by atoms with Crippen LogP contribution < -0.4 is 54.9 Å². The van der Waals surface area contributed by atoms with Crippen LogP contribution in [0, 0.1) is 0 Å². The number of methoxy groups -OCH3 is 2. The molecule has 0 aromatic heterocycles. The molecule has 4 aliphatic heterocycles. The molecule has 20 nitrogen and oxygen atoms in total. The number of nitrogens with one attached hydrogen (secondary N) is 4. The lowest BCUT2D eigenvalue weighted by Crippen LogP contribution is -2.44. The summed E-state index contributed by atoms with van der Waals surface area (Å²) in [6.07, 6.45) is 3.80. The maximum Gasteiger partial charge on any atom is 0.303 e. The van der Waals surface area contributed by atoms with Gasteiger partial charge in [-0.1, -0.05) is 36.4 Å². The molecule has 20 heteroatoms. The van der Waals surface area contributed by atoms with Crippen LogP contribution in [-0.4, -0.2) is 112 Å². The molecule has 9 rings (SSSR count). The highest BCUT2D eigenvalue weighted by Gasteiger charge is 2.39. The molecule has 4 aliphatic rings. The number of aliphatic imine (C=N–C) groups is 1. The predicted molar refractivity (Wildman–Crippen MR) is 278 cm³/mol. The van der Waals surface area contributed by atoms with Crippen LogP contribution in [0.15, 0.2) is 96.0 Å². The Balaban J connectivity index is 0.905. The topological polar surface area (TPSA) is 247 Å². The Kier molecular flexibility index (Phi) is 15.3.